The van der Waals surface area contributed by atoms with Gasteiger partial charge in [-0.2, -0.15) is 5.10 Å². The molecule has 8 heteroatoms. The lowest BCUT2D eigenvalue weighted by Crippen LogP contribution is -2.18. The quantitative estimate of drug-likeness (QED) is 0.188. The lowest BCUT2D eigenvalue weighted by molar-refractivity contribution is 0.0952. The number of carbonyl (C=O) groups is 1. The SMILES string of the molecule is COc1ccccc1C(=O)N/N=C\c1cc(I)c(OCc2ccc(Br)cc2)c(I)c1. The molecule has 0 aliphatic rings. The average molecular weight is 691 g/mol. The van der Waals surface area contributed by atoms with E-state index in [-0.39, 0.29) is 5.91 Å². The Balaban J connectivity index is 1.65. The van der Waals surface area contributed by atoms with Gasteiger partial charge in [0.1, 0.15) is 18.1 Å². The van der Waals surface area contributed by atoms with Crippen LogP contribution in [-0.2, 0) is 6.61 Å². The number of nitrogens with zero attached hydrogens (tertiary/aromatic N) is 1. The molecule has 154 valence electrons. The number of hydrazone groups is 1. The van der Waals surface area contributed by atoms with Gasteiger partial charge < -0.3 is 9.47 Å². The molecular weight excluding hydrogens is 674 g/mol. The third-order valence-corrected chi connectivity index (χ3v) is 6.18. The van der Waals surface area contributed by atoms with Crippen LogP contribution in [0.15, 0.2) is 70.2 Å². The fraction of sp³-hybridized carbons (Fsp3) is 0.0909. The fourth-order valence-electron chi connectivity index (χ4n) is 2.59. The molecule has 0 saturated carbocycles. The molecule has 0 unspecified atom stereocenters. The molecule has 3 aromatic rings. The molecule has 0 aliphatic heterocycles. The summed E-state index contributed by atoms with van der Waals surface area (Å²) in [6, 6.07) is 19.0. The molecule has 0 atom stereocenters. The monoisotopic (exact) mass is 690 g/mol. The molecule has 1 N–H and O–H groups in total. The van der Waals surface area contributed by atoms with Crippen molar-refractivity contribution in [1.29, 1.82) is 0 Å². The lowest BCUT2D eigenvalue weighted by atomic mass is 10.2. The normalized spacial score (nSPS) is 10.8. The van der Waals surface area contributed by atoms with Crippen molar-refractivity contribution in [2.75, 3.05) is 7.11 Å². The Morgan fingerprint density at radius 2 is 1.77 bits per heavy atom. The highest BCUT2D eigenvalue weighted by Crippen LogP contribution is 2.29. The zero-order chi connectivity index (χ0) is 21.5. The van der Waals surface area contributed by atoms with Crippen LogP contribution in [0.4, 0.5) is 0 Å². The first-order valence-electron chi connectivity index (χ1n) is 8.80. The topological polar surface area (TPSA) is 59.9 Å². The van der Waals surface area contributed by atoms with Crippen molar-refractivity contribution < 1.29 is 14.3 Å². The maximum atomic E-state index is 12.3. The van der Waals surface area contributed by atoms with E-state index in [2.05, 4.69) is 71.6 Å². The second-order valence-electron chi connectivity index (χ2n) is 6.13. The number of hydrogen-bond acceptors (Lipinski definition) is 4. The molecule has 5 nitrogen and oxygen atoms in total. The standard InChI is InChI=1S/C22H17BrI2N2O3/c1-29-20-5-3-2-4-17(20)22(28)27-26-12-15-10-18(24)21(19(25)11-15)30-13-14-6-8-16(23)9-7-14/h2-12H,13H2,1H3,(H,27,28)/b26-12-. The fourth-order valence-corrected chi connectivity index (χ4v) is 4.98. The van der Waals surface area contributed by atoms with E-state index >= 15 is 0 Å². The predicted octanol–water partition coefficient (Wildman–Crippen LogP) is 6.01. The smallest absolute Gasteiger partial charge is 0.275 e. The van der Waals surface area contributed by atoms with Crippen LogP contribution in [0, 0.1) is 7.14 Å². The lowest BCUT2D eigenvalue weighted by Gasteiger charge is -2.11. The average Bonchev–Trinajstić information content (AvgIpc) is 2.74. The molecule has 0 spiro atoms. The summed E-state index contributed by atoms with van der Waals surface area (Å²) < 4.78 is 14.2. The van der Waals surface area contributed by atoms with E-state index in [1.54, 1.807) is 24.4 Å². The van der Waals surface area contributed by atoms with Crippen LogP contribution >= 0.6 is 61.1 Å². The van der Waals surface area contributed by atoms with E-state index in [1.807, 2.05) is 42.5 Å². The van der Waals surface area contributed by atoms with Gasteiger partial charge in [-0.15, -0.1) is 0 Å². The predicted molar refractivity (Wildman–Crippen MR) is 138 cm³/mol. The number of amides is 1. The molecule has 1 amide bonds. The van der Waals surface area contributed by atoms with E-state index in [9.17, 15) is 4.79 Å². The van der Waals surface area contributed by atoms with Crippen molar-refractivity contribution in [3.05, 3.63) is 89.0 Å². The van der Waals surface area contributed by atoms with Gasteiger partial charge in [-0.3, -0.25) is 4.79 Å². The maximum Gasteiger partial charge on any atom is 0.275 e. The van der Waals surface area contributed by atoms with Crippen LogP contribution in [0.3, 0.4) is 0 Å². The molecule has 0 aromatic heterocycles. The van der Waals surface area contributed by atoms with Crippen LogP contribution in [0.25, 0.3) is 0 Å². The van der Waals surface area contributed by atoms with Gasteiger partial charge in [-0.05, 0) is 92.7 Å². The van der Waals surface area contributed by atoms with E-state index < -0.39 is 0 Å². The molecular formula is C22H17BrI2N2O3. The van der Waals surface area contributed by atoms with Gasteiger partial charge in [0.2, 0.25) is 0 Å². The zero-order valence-corrected chi connectivity index (χ0v) is 21.8. The molecule has 3 rings (SSSR count). The molecule has 0 saturated heterocycles. The first-order chi connectivity index (χ1) is 14.5. The largest absolute Gasteiger partial charge is 0.496 e. The number of carbonyl (C=O) groups excluding carboxylic acids is 1. The van der Waals surface area contributed by atoms with Gasteiger partial charge in [-0.1, -0.05) is 40.2 Å². The zero-order valence-electron chi connectivity index (χ0n) is 15.9. The first kappa shape index (κ1) is 23.0. The molecule has 3 aromatic carbocycles. The van der Waals surface area contributed by atoms with Crippen LogP contribution in [0.5, 0.6) is 11.5 Å². The molecule has 0 fully saturated rings. The Labute approximate surface area is 210 Å². The van der Waals surface area contributed by atoms with Crippen molar-refractivity contribution in [2.45, 2.75) is 6.61 Å². The number of hydrogen-bond donors (Lipinski definition) is 1. The van der Waals surface area contributed by atoms with Crippen LogP contribution in [0.2, 0.25) is 0 Å². The van der Waals surface area contributed by atoms with E-state index in [0.717, 1.165) is 28.5 Å². The van der Waals surface area contributed by atoms with Gasteiger partial charge in [-0.25, -0.2) is 5.43 Å². The summed E-state index contributed by atoms with van der Waals surface area (Å²) in [7, 11) is 1.53. The summed E-state index contributed by atoms with van der Waals surface area (Å²) in [6.45, 7) is 0.488. The van der Waals surface area contributed by atoms with Gasteiger partial charge >= 0.3 is 0 Å². The summed E-state index contributed by atoms with van der Waals surface area (Å²) in [5.41, 5.74) is 4.92. The second-order valence-corrected chi connectivity index (χ2v) is 9.37. The van der Waals surface area contributed by atoms with E-state index in [4.69, 9.17) is 9.47 Å². The Kier molecular flexibility index (Phi) is 8.51. The summed E-state index contributed by atoms with van der Waals surface area (Å²) in [5.74, 6) is 0.999. The Morgan fingerprint density at radius 3 is 2.43 bits per heavy atom. The number of para-hydroxylation sites is 1. The first-order valence-corrected chi connectivity index (χ1v) is 11.8. The molecule has 0 heterocycles. The Hall–Kier alpha value is -1.66. The van der Waals surface area contributed by atoms with Gasteiger partial charge in [0.05, 0.1) is 26.0 Å². The third-order valence-electron chi connectivity index (χ3n) is 4.05. The summed E-state index contributed by atoms with van der Waals surface area (Å²) in [4.78, 5) is 12.3. The van der Waals surface area contributed by atoms with Crippen molar-refractivity contribution in [3.63, 3.8) is 0 Å². The summed E-state index contributed by atoms with van der Waals surface area (Å²) in [6.07, 6.45) is 1.61. The molecule has 0 bridgehead atoms. The van der Waals surface area contributed by atoms with Crippen LogP contribution in [0.1, 0.15) is 21.5 Å². The highest BCUT2D eigenvalue weighted by Gasteiger charge is 2.11. The molecule has 0 aliphatic carbocycles. The summed E-state index contributed by atoms with van der Waals surface area (Å²) >= 11 is 7.92. The minimum atomic E-state index is -0.331. The Morgan fingerprint density at radius 1 is 1.10 bits per heavy atom. The van der Waals surface area contributed by atoms with Crippen molar-refractivity contribution in [1.82, 2.24) is 5.43 Å². The van der Waals surface area contributed by atoms with Crippen molar-refractivity contribution in [3.8, 4) is 11.5 Å². The highest BCUT2D eigenvalue weighted by atomic mass is 127. The molecule has 0 radical (unpaired) electrons. The third kappa shape index (κ3) is 6.17. The Bertz CT molecular complexity index is 1050. The van der Waals surface area contributed by atoms with Crippen molar-refractivity contribution >= 4 is 73.2 Å². The molecule has 30 heavy (non-hydrogen) atoms. The number of benzene rings is 3. The van der Waals surface area contributed by atoms with Crippen molar-refractivity contribution in [2.24, 2.45) is 5.10 Å². The highest BCUT2D eigenvalue weighted by molar-refractivity contribution is 14.1. The van der Waals surface area contributed by atoms with Crippen LogP contribution < -0.4 is 14.9 Å². The number of methoxy groups -OCH3 is 1. The van der Waals surface area contributed by atoms with E-state index in [0.29, 0.717) is 17.9 Å². The van der Waals surface area contributed by atoms with Crippen LogP contribution in [-0.4, -0.2) is 19.2 Å². The maximum absolute atomic E-state index is 12.3. The van der Waals surface area contributed by atoms with Gasteiger partial charge in [0.15, 0.2) is 0 Å². The van der Waals surface area contributed by atoms with Gasteiger partial charge in [0, 0.05) is 4.47 Å². The minimum Gasteiger partial charge on any atom is -0.496 e. The summed E-state index contributed by atoms with van der Waals surface area (Å²) in [5, 5.41) is 4.08. The van der Waals surface area contributed by atoms with Gasteiger partial charge in [0.25, 0.3) is 5.91 Å². The number of rotatable bonds is 7. The minimum absolute atomic E-state index is 0.331. The number of ether oxygens (including phenoxy) is 2. The number of halogens is 3. The second kappa shape index (κ2) is 11.1. The number of nitrogens with one attached hydrogen (secondary N) is 1. The van der Waals surface area contributed by atoms with E-state index in [1.165, 1.54) is 7.11 Å².